The zero-order chi connectivity index (χ0) is 12.3. The minimum absolute atomic E-state index is 0.0450. The maximum Gasteiger partial charge on any atom is 0.251 e. The molecule has 1 saturated heterocycles. The molecular weight excluding hydrogens is 212 g/mol. The van der Waals surface area contributed by atoms with Crippen LogP contribution in [0.3, 0.4) is 0 Å². The zero-order valence-electron chi connectivity index (χ0n) is 10.5. The van der Waals surface area contributed by atoms with E-state index >= 15 is 0 Å². The van der Waals surface area contributed by atoms with Crippen LogP contribution >= 0.6 is 0 Å². The van der Waals surface area contributed by atoms with E-state index in [4.69, 9.17) is 0 Å². The van der Waals surface area contributed by atoms with E-state index in [1.165, 1.54) is 0 Å². The Balaban J connectivity index is 2.04. The van der Waals surface area contributed by atoms with Gasteiger partial charge in [0.15, 0.2) is 0 Å². The number of hydrogen-bond donors (Lipinski definition) is 2. The van der Waals surface area contributed by atoms with E-state index in [2.05, 4.69) is 17.6 Å². The number of rotatable bonds is 2. The third-order valence-electron chi connectivity index (χ3n) is 3.47. The van der Waals surface area contributed by atoms with Crippen molar-refractivity contribution in [2.75, 3.05) is 6.54 Å². The number of nitrogens with one attached hydrogen (secondary N) is 2. The van der Waals surface area contributed by atoms with Crippen molar-refractivity contribution in [1.82, 2.24) is 10.6 Å². The van der Waals surface area contributed by atoms with Gasteiger partial charge in [-0.05, 0) is 44.9 Å². The summed E-state index contributed by atoms with van der Waals surface area (Å²) in [6.45, 7) is 5.15. The summed E-state index contributed by atoms with van der Waals surface area (Å²) in [7, 11) is 0. The largest absolute Gasteiger partial charge is 0.348 e. The molecule has 3 heteroatoms. The fourth-order valence-electron chi connectivity index (χ4n) is 2.31. The molecule has 1 fully saturated rings. The van der Waals surface area contributed by atoms with Crippen LogP contribution in [-0.2, 0) is 0 Å². The number of carbonyl (C=O) groups excluding carboxylic acids is 1. The van der Waals surface area contributed by atoms with Crippen LogP contribution in [0.5, 0.6) is 0 Å². The van der Waals surface area contributed by atoms with Crippen LogP contribution in [0.1, 0.15) is 35.7 Å². The van der Waals surface area contributed by atoms with E-state index < -0.39 is 0 Å². The van der Waals surface area contributed by atoms with Gasteiger partial charge in [-0.1, -0.05) is 18.2 Å². The van der Waals surface area contributed by atoms with Crippen LogP contribution in [0.4, 0.5) is 0 Å². The Morgan fingerprint density at radius 2 is 2.18 bits per heavy atom. The molecule has 2 N–H and O–H groups in total. The predicted molar refractivity (Wildman–Crippen MR) is 69.1 cm³/mol. The Bertz CT molecular complexity index is 403. The van der Waals surface area contributed by atoms with E-state index in [9.17, 15) is 4.79 Å². The van der Waals surface area contributed by atoms with Crippen molar-refractivity contribution in [3.63, 3.8) is 0 Å². The molecule has 0 aromatic heterocycles. The van der Waals surface area contributed by atoms with Gasteiger partial charge in [0.25, 0.3) is 5.91 Å². The molecule has 3 nitrogen and oxygen atoms in total. The van der Waals surface area contributed by atoms with Crippen molar-refractivity contribution < 1.29 is 4.79 Å². The number of amides is 1. The van der Waals surface area contributed by atoms with Gasteiger partial charge in [0.2, 0.25) is 0 Å². The maximum atomic E-state index is 12.1. The lowest BCUT2D eigenvalue weighted by Gasteiger charge is -2.30. The molecule has 1 aromatic carbocycles. The molecule has 2 rings (SSSR count). The zero-order valence-corrected chi connectivity index (χ0v) is 10.5. The van der Waals surface area contributed by atoms with Gasteiger partial charge in [-0.3, -0.25) is 4.79 Å². The predicted octanol–water partition coefficient (Wildman–Crippen LogP) is 1.87. The van der Waals surface area contributed by atoms with Crippen LogP contribution in [-0.4, -0.2) is 24.5 Å². The molecule has 2 unspecified atom stereocenters. The summed E-state index contributed by atoms with van der Waals surface area (Å²) in [5, 5.41) is 6.51. The van der Waals surface area contributed by atoms with E-state index in [1.54, 1.807) is 0 Å². The summed E-state index contributed by atoms with van der Waals surface area (Å²) in [5.74, 6) is 0.0450. The molecule has 17 heavy (non-hydrogen) atoms. The van der Waals surface area contributed by atoms with Crippen LogP contribution in [0, 0.1) is 6.92 Å². The molecule has 92 valence electrons. The third-order valence-corrected chi connectivity index (χ3v) is 3.47. The molecule has 0 radical (unpaired) electrons. The van der Waals surface area contributed by atoms with Crippen LogP contribution in [0.2, 0.25) is 0 Å². The van der Waals surface area contributed by atoms with Gasteiger partial charge in [0, 0.05) is 17.6 Å². The minimum Gasteiger partial charge on any atom is -0.348 e. The van der Waals surface area contributed by atoms with E-state index in [0.29, 0.717) is 6.04 Å². The quantitative estimate of drug-likeness (QED) is 0.817. The van der Waals surface area contributed by atoms with Gasteiger partial charge in [-0.15, -0.1) is 0 Å². The number of carbonyl (C=O) groups is 1. The lowest BCUT2D eigenvalue weighted by atomic mass is 9.99. The highest BCUT2D eigenvalue weighted by Gasteiger charge is 2.23. The molecule has 2 atom stereocenters. The van der Waals surface area contributed by atoms with Crippen LogP contribution < -0.4 is 10.6 Å². The first-order valence-electron chi connectivity index (χ1n) is 6.28. The molecule has 1 aliphatic rings. The van der Waals surface area contributed by atoms with E-state index in [0.717, 1.165) is 30.5 Å². The molecule has 0 bridgehead atoms. The lowest BCUT2D eigenvalue weighted by molar-refractivity contribution is 0.0919. The van der Waals surface area contributed by atoms with E-state index in [1.807, 2.05) is 31.2 Å². The van der Waals surface area contributed by atoms with Crippen LogP contribution in [0.15, 0.2) is 24.3 Å². The molecule has 1 aliphatic heterocycles. The Morgan fingerprint density at radius 3 is 2.88 bits per heavy atom. The van der Waals surface area contributed by atoms with Gasteiger partial charge < -0.3 is 10.6 Å². The molecule has 0 spiro atoms. The van der Waals surface area contributed by atoms with Gasteiger partial charge in [0.1, 0.15) is 0 Å². The third kappa shape index (κ3) is 2.86. The molecule has 1 aromatic rings. The first-order chi connectivity index (χ1) is 8.18. The normalized spacial score (nSPS) is 24.4. The SMILES string of the molecule is Cc1ccccc1C(=O)NC1CCCNC1C. The summed E-state index contributed by atoms with van der Waals surface area (Å²) in [6.07, 6.45) is 2.19. The van der Waals surface area contributed by atoms with Gasteiger partial charge in [-0.25, -0.2) is 0 Å². The Labute approximate surface area is 103 Å². The highest BCUT2D eigenvalue weighted by Crippen LogP contribution is 2.11. The second kappa shape index (κ2) is 5.32. The summed E-state index contributed by atoms with van der Waals surface area (Å²) in [5.41, 5.74) is 1.81. The Kier molecular flexibility index (Phi) is 3.79. The molecule has 1 heterocycles. The highest BCUT2D eigenvalue weighted by atomic mass is 16.1. The Morgan fingerprint density at radius 1 is 1.41 bits per heavy atom. The second-order valence-electron chi connectivity index (χ2n) is 4.78. The average Bonchev–Trinajstić information content (AvgIpc) is 2.32. The summed E-state index contributed by atoms with van der Waals surface area (Å²) in [6, 6.07) is 8.32. The molecule has 0 aliphatic carbocycles. The summed E-state index contributed by atoms with van der Waals surface area (Å²) >= 11 is 0. The van der Waals surface area contributed by atoms with Gasteiger partial charge >= 0.3 is 0 Å². The summed E-state index contributed by atoms with van der Waals surface area (Å²) in [4.78, 5) is 12.1. The molecule has 0 saturated carbocycles. The van der Waals surface area contributed by atoms with Crippen molar-refractivity contribution in [2.24, 2.45) is 0 Å². The monoisotopic (exact) mass is 232 g/mol. The smallest absolute Gasteiger partial charge is 0.251 e. The fourth-order valence-corrected chi connectivity index (χ4v) is 2.31. The van der Waals surface area contributed by atoms with Crippen molar-refractivity contribution >= 4 is 5.91 Å². The van der Waals surface area contributed by atoms with Crippen molar-refractivity contribution in [3.8, 4) is 0 Å². The average molecular weight is 232 g/mol. The number of hydrogen-bond acceptors (Lipinski definition) is 2. The standard InChI is InChI=1S/C14H20N2O/c1-10-6-3-4-7-12(10)14(17)16-13-8-5-9-15-11(13)2/h3-4,6-7,11,13,15H,5,8-9H2,1-2H3,(H,16,17). The molecule has 1 amide bonds. The summed E-state index contributed by atoms with van der Waals surface area (Å²) < 4.78 is 0. The van der Waals surface area contributed by atoms with E-state index in [-0.39, 0.29) is 11.9 Å². The lowest BCUT2D eigenvalue weighted by Crippen LogP contribution is -2.52. The second-order valence-corrected chi connectivity index (χ2v) is 4.78. The Hall–Kier alpha value is -1.35. The minimum atomic E-state index is 0.0450. The number of benzene rings is 1. The highest BCUT2D eigenvalue weighted by molar-refractivity contribution is 5.95. The fraction of sp³-hybridized carbons (Fsp3) is 0.500. The van der Waals surface area contributed by atoms with Crippen molar-refractivity contribution in [2.45, 2.75) is 38.8 Å². The first-order valence-corrected chi connectivity index (χ1v) is 6.28. The van der Waals surface area contributed by atoms with Crippen molar-refractivity contribution in [3.05, 3.63) is 35.4 Å². The first kappa shape index (κ1) is 12.1. The van der Waals surface area contributed by atoms with Crippen LogP contribution in [0.25, 0.3) is 0 Å². The topological polar surface area (TPSA) is 41.1 Å². The van der Waals surface area contributed by atoms with Gasteiger partial charge in [-0.2, -0.15) is 0 Å². The van der Waals surface area contributed by atoms with Crippen molar-refractivity contribution in [1.29, 1.82) is 0 Å². The maximum absolute atomic E-state index is 12.1. The molecular formula is C14H20N2O. The van der Waals surface area contributed by atoms with Gasteiger partial charge in [0.05, 0.1) is 0 Å². The number of piperidine rings is 1. The number of aryl methyl sites for hydroxylation is 1.